The highest BCUT2D eigenvalue weighted by atomic mass is 15.3. The maximum atomic E-state index is 4.45. The zero-order chi connectivity index (χ0) is 14.1. The Morgan fingerprint density at radius 2 is 1.95 bits per heavy atom. The van der Waals surface area contributed by atoms with Gasteiger partial charge in [0.05, 0.1) is 11.7 Å². The van der Waals surface area contributed by atoms with E-state index < -0.39 is 0 Å². The predicted octanol–water partition coefficient (Wildman–Crippen LogP) is 3.30. The van der Waals surface area contributed by atoms with Crippen molar-refractivity contribution in [3.63, 3.8) is 0 Å². The summed E-state index contributed by atoms with van der Waals surface area (Å²) in [6.45, 7) is 2.07. The summed E-state index contributed by atoms with van der Waals surface area (Å²) in [6, 6.07) is 9.35. The van der Waals surface area contributed by atoms with Crippen LogP contribution in [0, 0.1) is 6.92 Å². The van der Waals surface area contributed by atoms with Crippen molar-refractivity contribution in [1.29, 1.82) is 0 Å². The average molecular weight is 269 g/mol. The largest absolute Gasteiger partial charge is 0.309 e. The lowest BCUT2D eigenvalue weighted by molar-refractivity contribution is 0.419. The topological polar surface area (TPSA) is 29.9 Å². The van der Waals surface area contributed by atoms with Crippen LogP contribution >= 0.6 is 0 Å². The van der Waals surface area contributed by atoms with Crippen molar-refractivity contribution in [2.75, 3.05) is 7.05 Å². The van der Waals surface area contributed by atoms with Crippen LogP contribution in [0.25, 0.3) is 0 Å². The SMILES string of the molecule is CNC(c1ccc(C2CCC2)cc1)c1cn(C)nc1C. The predicted molar refractivity (Wildman–Crippen MR) is 81.9 cm³/mol. The second-order valence-corrected chi connectivity index (χ2v) is 5.86. The Bertz CT molecular complexity index is 579. The maximum Gasteiger partial charge on any atom is 0.0644 e. The minimum Gasteiger partial charge on any atom is -0.309 e. The highest BCUT2D eigenvalue weighted by molar-refractivity contribution is 5.35. The van der Waals surface area contributed by atoms with Crippen molar-refractivity contribution in [2.24, 2.45) is 7.05 Å². The summed E-state index contributed by atoms with van der Waals surface area (Å²) in [5.74, 6) is 0.803. The molecule has 3 nitrogen and oxygen atoms in total. The Kier molecular flexibility index (Phi) is 3.62. The van der Waals surface area contributed by atoms with E-state index in [4.69, 9.17) is 0 Å². The number of hydrogen-bond donors (Lipinski definition) is 1. The second kappa shape index (κ2) is 5.41. The molecule has 1 atom stereocenters. The van der Waals surface area contributed by atoms with Gasteiger partial charge in [0.15, 0.2) is 0 Å². The van der Waals surface area contributed by atoms with Gasteiger partial charge in [0.2, 0.25) is 0 Å². The summed E-state index contributed by atoms with van der Waals surface area (Å²) in [5, 5.41) is 7.86. The summed E-state index contributed by atoms with van der Waals surface area (Å²) >= 11 is 0. The number of nitrogens with zero attached hydrogens (tertiary/aromatic N) is 2. The third-order valence-electron chi connectivity index (χ3n) is 4.50. The van der Waals surface area contributed by atoms with E-state index in [1.807, 2.05) is 18.8 Å². The third kappa shape index (κ3) is 2.38. The zero-order valence-electron chi connectivity index (χ0n) is 12.6. The Labute approximate surface area is 121 Å². The van der Waals surface area contributed by atoms with Gasteiger partial charge in [0.1, 0.15) is 0 Å². The molecule has 1 aromatic carbocycles. The molecule has 1 unspecified atom stereocenters. The molecular weight excluding hydrogens is 246 g/mol. The summed E-state index contributed by atoms with van der Waals surface area (Å²) in [6.07, 6.45) is 6.21. The molecule has 1 heterocycles. The lowest BCUT2D eigenvalue weighted by atomic mass is 9.79. The molecule has 1 saturated carbocycles. The Morgan fingerprint density at radius 3 is 2.40 bits per heavy atom. The first-order chi connectivity index (χ1) is 9.69. The minimum absolute atomic E-state index is 0.221. The number of aryl methyl sites for hydroxylation is 2. The Balaban J connectivity index is 1.87. The molecule has 1 aliphatic rings. The van der Waals surface area contributed by atoms with Crippen molar-refractivity contribution in [2.45, 2.75) is 38.1 Å². The van der Waals surface area contributed by atoms with E-state index in [2.05, 4.69) is 47.8 Å². The molecule has 0 aliphatic heterocycles. The average Bonchev–Trinajstić information content (AvgIpc) is 2.70. The van der Waals surface area contributed by atoms with Gasteiger partial charge in [-0.2, -0.15) is 5.10 Å². The van der Waals surface area contributed by atoms with E-state index in [1.165, 1.54) is 36.0 Å². The van der Waals surface area contributed by atoms with E-state index in [1.54, 1.807) is 0 Å². The van der Waals surface area contributed by atoms with E-state index >= 15 is 0 Å². The number of rotatable bonds is 4. The first-order valence-electron chi connectivity index (χ1n) is 7.46. The fourth-order valence-electron chi connectivity index (χ4n) is 3.11. The van der Waals surface area contributed by atoms with Crippen LogP contribution in [0.4, 0.5) is 0 Å². The summed E-state index contributed by atoms with van der Waals surface area (Å²) in [4.78, 5) is 0. The molecule has 20 heavy (non-hydrogen) atoms. The molecule has 106 valence electrons. The summed E-state index contributed by atoms with van der Waals surface area (Å²) in [7, 11) is 3.99. The lowest BCUT2D eigenvalue weighted by Gasteiger charge is -2.26. The van der Waals surface area contributed by atoms with Crippen LogP contribution in [0.1, 0.15) is 53.6 Å². The molecule has 0 amide bonds. The van der Waals surface area contributed by atoms with Crippen molar-refractivity contribution in [3.8, 4) is 0 Å². The van der Waals surface area contributed by atoms with Gasteiger partial charge in [0.25, 0.3) is 0 Å². The Morgan fingerprint density at radius 1 is 1.25 bits per heavy atom. The molecule has 1 N–H and O–H groups in total. The van der Waals surface area contributed by atoms with E-state index in [-0.39, 0.29) is 6.04 Å². The molecule has 0 radical (unpaired) electrons. The molecule has 1 fully saturated rings. The molecular formula is C17H23N3. The number of aromatic nitrogens is 2. The van der Waals surface area contributed by atoms with Gasteiger partial charge in [-0.25, -0.2) is 0 Å². The van der Waals surface area contributed by atoms with Gasteiger partial charge in [0, 0.05) is 18.8 Å². The number of hydrogen-bond acceptors (Lipinski definition) is 2. The molecule has 0 spiro atoms. The summed E-state index contributed by atoms with van der Waals surface area (Å²) < 4.78 is 1.89. The van der Waals surface area contributed by atoms with Crippen LogP contribution < -0.4 is 5.32 Å². The first kappa shape index (κ1) is 13.4. The van der Waals surface area contributed by atoms with E-state index in [0.29, 0.717) is 0 Å². The van der Waals surface area contributed by atoms with Crippen molar-refractivity contribution >= 4 is 0 Å². The molecule has 2 aromatic rings. The van der Waals surface area contributed by atoms with Crippen LogP contribution in [-0.4, -0.2) is 16.8 Å². The normalized spacial score (nSPS) is 16.9. The fraction of sp³-hybridized carbons (Fsp3) is 0.471. The standard InChI is InChI=1S/C17H23N3/c1-12-16(11-20(3)19-12)17(18-2)15-9-7-14(8-10-15)13-5-4-6-13/h7-11,13,17-18H,4-6H2,1-3H3. The zero-order valence-corrected chi connectivity index (χ0v) is 12.6. The van der Waals surface area contributed by atoms with Gasteiger partial charge < -0.3 is 5.32 Å². The van der Waals surface area contributed by atoms with Gasteiger partial charge in [-0.3, -0.25) is 4.68 Å². The van der Waals surface area contributed by atoms with Crippen LogP contribution in [0.3, 0.4) is 0 Å². The smallest absolute Gasteiger partial charge is 0.0644 e. The van der Waals surface area contributed by atoms with Crippen molar-refractivity contribution in [1.82, 2.24) is 15.1 Å². The molecule has 3 heteroatoms. The van der Waals surface area contributed by atoms with Gasteiger partial charge in [-0.1, -0.05) is 30.7 Å². The fourth-order valence-corrected chi connectivity index (χ4v) is 3.11. The van der Waals surface area contributed by atoms with Crippen LogP contribution in [0.2, 0.25) is 0 Å². The molecule has 3 rings (SSSR count). The molecule has 1 aromatic heterocycles. The molecule has 0 saturated heterocycles. The lowest BCUT2D eigenvalue weighted by Crippen LogP contribution is -2.18. The minimum atomic E-state index is 0.221. The molecule has 1 aliphatic carbocycles. The number of nitrogens with one attached hydrogen (secondary N) is 1. The second-order valence-electron chi connectivity index (χ2n) is 5.86. The van der Waals surface area contributed by atoms with E-state index in [9.17, 15) is 0 Å². The van der Waals surface area contributed by atoms with Crippen LogP contribution in [0.15, 0.2) is 30.5 Å². The Hall–Kier alpha value is -1.61. The van der Waals surface area contributed by atoms with Crippen LogP contribution in [-0.2, 0) is 7.05 Å². The first-order valence-corrected chi connectivity index (χ1v) is 7.46. The summed E-state index contributed by atoms with van der Waals surface area (Å²) in [5.41, 5.74) is 5.16. The maximum absolute atomic E-state index is 4.45. The molecule has 0 bridgehead atoms. The third-order valence-corrected chi connectivity index (χ3v) is 4.50. The number of benzene rings is 1. The van der Waals surface area contributed by atoms with Gasteiger partial charge in [-0.15, -0.1) is 0 Å². The van der Waals surface area contributed by atoms with Gasteiger partial charge in [-0.05, 0) is 43.9 Å². The van der Waals surface area contributed by atoms with E-state index in [0.717, 1.165) is 11.6 Å². The highest BCUT2D eigenvalue weighted by Crippen LogP contribution is 2.36. The monoisotopic (exact) mass is 269 g/mol. The highest BCUT2D eigenvalue weighted by Gasteiger charge is 2.21. The van der Waals surface area contributed by atoms with Crippen molar-refractivity contribution < 1.29 is 0 Å². The van der Waals surface area contributed by atoms with Gasteiger partial charge >= 0.3 is 0 Å². The van der Waals surface area contributed by atoms with Crippen molar-refractivity contribution in [3.05, 3.63) is 52.8 Å². The quantitative estimate of drug-likeness (QED) is 0.923. The van der Waals surface area contributed by atoms with Crippen LogP contribution in [0.5, 0.6) is 0 Å².